The highest BCUT2D eigenvalue weighted by atomic mass is 32.2. The number of thioether (sulfide) groups is 1. The Morgan fingerprint density at radius 3 is 2.57 bits per heavy atom. The summed E-state index contributed by atoms with van der Waals surface area (Å²) in [7, 11) is 1.91. The molecule has 0 aliphatic heterocycles. The second-order valence-electron chi connectivity index (χ2n) is 6.94. The Hall–Kier alpha value is -2.65. The van der Waals surface area contributed by atoms with E-state index in [9.17, 15) is 0 Å². The highest BCUT2D eigenvalue weighted by molar-refractivity contribution is 8.02. The zero-order valence-corrected chi connectivity index (χ0v) is 16.9. The third-order valence-electron chi connectivity index (χ3n) is 4.97. The minimum absolute atomic E-state index is 0.247. The summed E-state index contributed by atoms with van der Waals surface area (Å²) in [6.45, 7) is 0. The first-order chi connectivity index (χ1) is 13.6. The fraction of sp³-hybridized carbons (Fsp3) is 0.263. The largest absolute Gasteiger partial charge is 0.397 e. The smallest absolute Gasteiger partial charge is 0.219 e. The Kier molecular flexibility index (Phi) is 4.21. The van der Waals surface area contributed by atoms with E-state index in [0.717, 1.165) is 42.5 Å². The van der Waals surface area contributed by atoms with Gasteiger partial charge in [-0.1, -0.05) is 6.42 Å². The van der Waals surface area contributed by atoms with Crippen LogP contribution in [0.4, 0.5) is 11.6 Å². The molecule has 0 radical (unpaired) electrons. The van der Waals surface area contributed by atoms with Crippen LogP contribution in [-0.4, -0.2) is 30.0 Å². The molecule has 0 amide bonds. The van der Waals surface area contributed by atoms with Crippen molar-refractivity contribution in [3.63, 3.8) is 0 Å². The second kappa shape index (κ2) is 6.75. The van der Waals surface area contributed by atoms with Crippen LogP contribution >= 0.6 is 23.1 Å². The van der Waals surface area contributed by atoms with E-state index < -0.39 is 0 Å². The lowest BCUT2D eigenvalue weighted by molar-refractivity contribution is 0.522. The normalized spacial score (nSPS) is 14.5. The number of aryl methyl sites for hydroxylation is 1. The van der Waals surface area contributed by atoms with Crippen LogP contribution in [0.1, 0.15) is 19.3 Å². The van der Waals surface area contributed by atoms with Gasteiger partial charge in [-0.05, 0) is 24.5 Å². The third-order valence-corrected chi connectivity index (χ3v) is 7.65. The maximum atomic E-state index is 6.60. The number of fused-ring (bicyclic) bond motifs is 1. The first kappa shape index (κ1) is 17.4. The molecule has 4 heterocycles. The lowest BCUT2D eigenvalue weighted by Gasteiger charge is -2.23. The molecule has 0 saturated heterocycles. The molecule has 142 valence electrons. The molecule has 0 unspecified atom stereocenters. The van der Waals surface area contributed by atoms with Gasteiger partial charge < -0.3 is 11.5 Å². The number of nitrogens with two attached hydrogens (primary N) is 2. The Labute approximate surface area is 170 Å². The van der Waals surface area contributed by atoms with E-state index in [4.69, 9.17) is 16.5 Å². The topological polar surface area (TPSA) is 109 Å². The summed E-state index contributed by atoms with van der Waals surface area (Å²) >= 11 is 3.55. The fourth-order valence-electron chi connectivity index (χ4n) is 3.23. The predicted octanol–water partition coefficient (Wildman–Crippen LogP) is 3.96. The van der Waals surface area contributed by atoms with E-state index in [1.807, 2.05) is 37.3 Å². The molecule has 1 aliphatic carbocycles. The van der Waals surface area contributed by atoms with Gasteiger partial charge in [-0.25, -0.2) is 15.0 Å². The zero-order valence-electron chi connectivity index (χ0n) is 15.3. The van der Waals surface area contributed by atoms with E-state index in [-0.39, 0.29) is 5.95 Å². The molecule has 1 aliphatic rings. The highest BCUT2D eigenvalue weighted by Gasteiger charge is 2.24. The Balaban J connectivity index is 1.71. The molecular weight excluding hydrogens is 390 g/mol. The molecule has 0 bridgehead atoms. The van der Waals surface area contributed by atoms with Gasteiger partial charge in [0.15, 0.2) is 0 Å². The summed E-state index contributed by atoms with van der Waals surface area (Å²) in [5, 5.41) is 6.00. The lowest BCUT2D eigenvalue weighted by Crippen LogP contribution is -2.12. The van der Waals surface area contributed by atoms with Crippen LogP contribution in [0.5, 0.6) is 0 Å². The molecular formula is C19H19N7S2. The van der Waals surface area contributed by atoms with Gasteiger partial charge in [0.25, 0.3) is 0 Å². The van der Waals surface area contributed by atoms with Crippen LogP contribution in [0.2, 0.25) is 0 Å². The maximum absolute atomic E-state index is 6.60. The first-order valence-electron chi connectivity index (χ1n) is 9.05. The number of nitrogens with zero attached hydrogens (tertiary/aromatic N) is 5. The van der Waals surface area contributed by atoms with Gasteiger partial charge in [0.2, 0.25) is 5.95 Å². The van der Waals surface area contributed by atoms with E-state index in [0.29, 0.717) is 5.25 Å². The summed E-state index contributed by atoms with van der Waals surface area (Å²) in [5.41, 5.74) is 16.7. The van der Waals surface area contributed by atoms with Crippen LogP contribution in [0.3, 0.4) is 0 Å². The van der Waals surface area contributed by atoms with E-state index in [1.54, 1.807) is 28.4 Å². The maximum Gasteiger partial charge on any atom is 0.219 e. The number of hydrogen-bond donors (Lipinski definition) is 2. The monoisotopic (exact) mass is 409 g/mol. The number of pyridine rings is 1. The van der Waals surface area contributed by atoms with Crippen molar-refractivity contribution in [1.29, 1.82) is 0 Å². The Bertz CT molecular complexity index is 1160. The summed E-state index contributed by atoms with van der Waals surface area (Å²) in [6.07, 6.45) is 11.1. The summed E-state index contributed by atoms with van der Waals surface area (Å²) < 4.78 is 2.95. The summed E-state index contributed by atoms with van der Waals surface area (Å²) in [4.78, 5) is 14.0. The molecule has 0 atom stereocenters. The summed E-state index contributed by atoms with van der Waals surface area (Å²) in [5.74, 6) is 0.247. The number of anilines is 2. The van der Waals surface area contributed by atoms with Crippen LogP contribution < -0.4 is 11.5 Å². The van der Waals surface area contributed by atoms with Crippen molar-refractivity contribution in [2.75, 3.05) is 11.5 Å². The van der Waals surface area contributed by atoms with Gasteiger partial charge in [0.1, 0.15) is 4.83 Å². The van der Waals surface area contributed by atoms with Gasteiger partial charge in [-0.15, -0.1) is 23.1 Å². The average molecular weight is 410 g/mol. The Morgan fingerprint density at radius 2 is 1.93 bits per heavy atom. The molecule has 9 heteroatoms. The van der Waals surface area contributed by atoms with Crippen molar-refractivity contribution in [1.82, 2.24) is 24.7 Å². The lowest BCUT2D eigenvalue weighted by atomic mass is 10.0. The predicted molar refractivity (Wildman–Crippen MR) is 115 cm³/mol. The molecule has 7 nitrogen and oxygen atoms in total. The van der Waals surface area contributed by atoms with Crippen LogP contribution in [0.25, 0.3) is 32.6 Å². The zero-order chi connectivity index (χ0) is 19.3. The third kappa shape index (κ3) is 3.00. The number of rotatable bonds is 4. The first-order valence-corrected chi connectivity index (χ1v) is 10.7. The fourth-order valence-corrected chi connectivity index (χ4v) is 6.03. The Morgan fingerprint density at radius 1 is 1.14 bits per heavy atom. The SMILES string of the molecule is Cn1cc(-c2cc(-c3cnc(N)nc3)nc3sc(SC4CCC4)c(N)c23)cn1. The number of hydrogen-bond acceptors (Lipinski definition) is 8. The molecule has 4 N–H and O–H groups in total. The summed E-state index contributed by atoms with van der Waals surface area (Å²) in [6, 6.07) is 2.04. The number of nitrogen functional groups attached to an aromatic ring is 2. The number of aromatic nitrogens is 5. The van der Waals surface area contributed by atoms with Gasteiger partial charge >= 0.3 is 0 Å². The highest BCUT2D eigenvalue weighted by Crippen LogP contribution is 2.48. The molecule has 1 fully saturated rings. The second-order valence-corrected chi connectivity index (χ2v) is 9.51. The van der Waals surface area contributed by atoms with E-state index in [2.05, 4.69) is 15.1 Å². The number of thiophene rings is 1. The van der Waals surface area contributed by atoms with Crippen molar-refractivity contribution < 1.29 is 0 Å². The van der Waals surface area contributed by atoms with Gasteiger partial charge in [-0.2, -0.15) is 5.10 Å². The molecule has 0 aromatic carbocycles. The van der Waals surface area contributed by atoms with Gasteiger partial charge in [-0.3, -0.25) is 4.68 Å². The van der Waals surface area contributed by atoms with E-state index >= 15 is 0 Å². The van der Waals surface area contributed by atoms with Crippen molar-refractivity contribution in [3.05, 3.63) is 30.9 Å². The minimum Gasteiger partial charge on any atom is -0.397 e. The van der Waals surface area contributed by atoms with Crippen LogP contribution in [0.15, 0.2) is 35.1 Å². The van der Waals surface area contributed by atoms with Crippen molar-refractivity contribution >= 4 is 45.0 Å². The van der Waals surface area contributed by atoms with Crippen LogP contribution in [0, 0.1) is 0 Å². The van der Waals surface area contributed by atoms with E-state index in [1.165, 1.54) is 19.3 Å². The van der Waals surface area contributed by atoms with Gasteiger partial charge in [0.05, 0.1) is 21.8 Å². The van der Waals surface area contributed by atoms with Gasteiger partial charge in [0, 0.05) is 47.4 Å². The molecule has 28 heavy (non-hydrogen) atoms. The van der Waals surface area contributed by atoms with Crippen molar-refractivity contribution in [3.8, 4) is 22.4 Å². The molecule has 1 saturated carbocycles. The molecule has 4 aromatic rings. The molecule has 0 spiro atoms. The van der Waals surface area contributed by atoms with Crippen molar-refractivity contribution in [2.24, 2.45) is 7.05 Å². The average Bonchev–Trinajstić information content (AvgIpc) is 3.22. The molecule has 4 aromatic heterocycles. The quantitative estimate of drug-likeness (QED) is 0.525. The minimum atomic E-state index is 0.247. The van der Waals surface area contributed by atoms with Crippen LogP contribution in [-0.2, 0) is 7.05 Å². The molecule has 5 rings (SSSR count). The van der Waals surface area contributed by atoms with Crippen molar-refractivity contribution in [2.45, 2.75) is 28.7 Å². The standard InChI is InChI=1S/C19H19N7S2/c1-26-9-11(8-24-26)13-5-14(10-6-22-19(21)23-7-10)25-17-15(13)16(20)18(28-17)27-12-3-2-4-12/h5-9,12H,2-4,20H2,1H3,(H2,21,22,23).